The molecule has 2 aliphatic rings. The van der Waals surface area contributed by atoms with Crippen LogP contribution in [0.3, 0.4) is 0 Å². The fourth-order valence-corrected chi connectivity index (χ4v) is 3.68. The van der Waals surface area contributed by atoms with Gasteiger partial charge >= 0.3 is 0 Å². The van der Waals surface area contributed by atoms with Crippen LogP contribution in [-0.4, -0.2) is 30.8 Å². The number of nitrogens with zero attached hydrogens (tertiary/aromatic N) is 1. The standard InChI is InChI=1S/C20H27N3O3/c24-18(10-11-21-20(26)16-6-1-2-7-16)22-14-15-5-3-8-17(13-15)23-12-4-9-19(23)25/h3,5,8,13,16H,1-2,4,6-7,9-12,14H2,(H,21,26)(H,22,24). The first-order valence-corrected chi connectivity index (χ1v) is 9.57. The molecule has 3 rings (SSSR count). The third kappa shape index (κ3) is 4.84. The maximum atomic E-state index is 12.0. The van der Waals surface area contributed by atoms with E-state index in [-0.39, 0.29) is 30.1 Å². The van der Waals surface area contributed by atoms with Crippen molar-refractivity contribution in [3.8, 4) is 0 Å². The van der Waals surface area contributed by atoms with Crippen molar-refractivity contribution in [2.45, 2.75) is 51.5 Å². The van der Waals surface area contributed by atoms with Crippen LogP contribution in [0.2, 0.25) is 0 Å². The first-order chi connectivity index (χ1) is 12.6. The van der Waals surface area contributed by atoms with Gasteiger partial charge in [0.25, 0.3) is 0 Å². The lowest BCUT2D eigenvalue weighted by Gasteiger charge is -2.16. The Morgan fingerprint density at radius 1 is 1.12 bits per heavy atom. The normalized spacial score (nSPS) is 17.5. The molecule has 0 atom stereocenters. The van der Waals surface area contributed by atoms with Gasteiger partial charge in [0.05, 0.1) is 0 Å². The minimum absolute atomic E-state index is 0.0817. The van der Waals surface area contributed by atoms with Crippen LogP contribution in [0.25, 0.3) is 0 Å². The van der Waals surface area contributed by atoms with Crippen molar-refractivity contribution in [3.05, 3.63) is 29.8 Å². The Hall–Kier alpha value is -2.37. The van der Waals surface area contributed by atoms with Crippen LogP contribution in [0.5, 0.6) is 0 Å². The van der Waals surface area contributed by atoms with E-state index < -0.39 is 0 Å². The average molecular weight is 357 g/mol. The summed E-state index contributed by atoms with van der Waals surface area (Å²) in [5.74, 6) is 0.288. The number of nitrogens with one attached hydrogen (secondary N) is 2. The summed E-state index contributed by atoms with van der Waals surface area (Å²) in [5, 5.41) is 5.74. The van der Waals surface area contributed by atoms with Gasteiger partial charge in [0.1, 0.15) is 0 Å². The van der Waals surface area contributed by atoms with E-state index in [4.69, 9.17) is 0 Å². The molecule has 6 nitrogen and oxygen atoms in total. The zero-order chi connectivity index (χ0) is 18.4. The molecule has 1 aliphatic heterocycles. The van der Waals surface area contributed by atoms with Crippen LogP contribution in [-0.2, 0) is 20.9 Å². The zero-order valence-electron chi connectivity index (χ0n) is 15.1. The van der Waals surface area contributed by atoms with E-state index in [0.29, 0.717) is 19.5 Å². The van der Waals surface area contributed by atoms with Crippen molar-refractivity contribution >= 4 is 23.4 Å². The molecule has 0 aromatic heterocycles. The molecule has 26 heavy (non-hydrogen) atoms. The van der Waals surface area contributed by atoms with Crippen LogP contribution in [0.1, 0.15) is 50.5 Å². The molecule has 6 heteroatoms. The quantitative estimate of drug-likeness (QED) is 0.785. The molecule has 3 amide bonds. The summed E-state index contributed by atoms with van der Waals surface area (Å²) in [4.78, 5) is 37.5. The number of carbonyl (C=O) groups excluding carboxylic acids is 3. The fraction of sp³-hybridized carbons (Fsp3) is 0.550. The summed E-state index contributed by atoms with van der Waals surface area (Å²) in [5.41, 5.74) is 1.86. The van der Waals surface area contributed by atoms with Crippen LogP contribution in [0.4, 0.5) is 5.69 Å². The summed E-state index contributed by atoms with van der Waals surface area (Å²) in [7, 11) is 0. The summed E-state index contributed by atoms with van der Waals surface area (Å²) < 4.78 is 0. The van der Waals surface area contributed by atoms with Gasteiger partial charge in [-0.25, -0.2) is 0 Å². The smallest absolute Gasteiger partial charge is 0.227 e. The summed E-state index contributed by atoms with van der Waals surface area (Å²) in [6.45, 7) is 1.56. The topological polar surface area (TPSA) is 78.5 Å². The SMILES string of the molecule is O=C(CCNC(=O)C1CCCC1)NCc1cccc(N2CCCC2=O)c1. The van der Waals surface area contributed by atoms with Crippen molar-refractivity contribution in [1.29, 1.82) is 0 Å². The molecule has 0 spiro atoms. The van der Waals surface area contributed by atoms with Crippen molar-refractivity contribution in [2.75, 3.05) is 18.0 Å². The predicted octanol–water partition coefficient (Wildman–Crippen LogP) is 2.13. The van der Waals surface area contributed by atoms with Gasteiger partial charge in [-0.1, -0.05) is 25.0 Å². The lowest BCUT2D eigenvalue weighted by atomic mass is 10.1. The summed E-state index contributed by atoms with van der Waals surface area (Å²) >= 11 is 0. The number of benzene rings is 1. The van der Waals surface area contributed by atoms with Crippen molar-refractivity contribution in [1.82, 2.24) is 10.6 Å². The molecular formula is C20H27N3O3. The highest BCUT2D eigenvalue weighted by molar-refractivity contribution is 5.95. The van der Waals surface area contributed by atoms with E-state index in [9.17, 15) is 14.4 Å². The van der Waals surface area contributed by atoms with Gasteiger partial charge in [0, 0.05) is 44.1 Å². The molecule has 1 saturated heterocycles. The Morgan fingerprint density at radius 3 is 2.65 bits per heavy atom. The minimum Gasteiger partial charge on any atom is -0.355 e. The lowest BCUT2D eigenvalue weighted by Crippen LogP contribution is -2.33. The molecule has 140 valence electrons. The van der Waals surface area contributed by atoms with Crippen molar-refractivity contribution < 1.29 is 14.4 Å². The lowest BCUT2D eigenvalue weighted by molar-refractivity contribution is -0.125. The second kappa shape index (κ2) is 8.83. The molecule has 0 radical (unpaired) electrons. The van der Waals surface area contributed by atoms with Gasteiger partial charge in [0.15, 0.2) is 0 Å². The second-order valence-electron chi connectivity index (χ2n) is 7.12. The Balaban J connectivity index is 1.40. The van der Waals surface area contributed by atoms with E-state index in [1.54, 1.807) is 4.90 Å². The van der Waals surface area contributed by atoms with Crippen LogP contribution < -0.4 is 15.5 Å². The van der Waals surface area contributed by atoms with Crippen LogP contribution in [0, 0.1) is 5.92 Å². The maximum Gasteiger partial charge on any atom is 0.227 e. The number of anilines is 1. The Labute approximate surface area is 154 Å². The number of rotatable bonds is 7. The van der Waals surface area contributed by atoms with E-state index in [0.717, 1.165) is 49.9 Å². The molecule has 1 aliphatic carbocycles. The fourth-order valence-electron chi connectivity index (χ4n) is 3.68. The number of hydrogen-bond acceptors (Lipinski definition) is 3. The number of amides is 3. The number of hydrogen-bond donors (Lipinski definition) is 2. The van der Waals surface area contributed by atoms with E-state index in [1.165, 1.54) is 0 Å². The van der Waals surface area contributed by atoms with Gasteiger partial charge in [0.2, 0.25) is 17.7 Å². The first kappa shape index (κ1) is 18.4. The molecule has 2 fully saturated rings. The van der Waals surface area contributed by atoms with Crippen molar-refractivity contribution in [3.63, 3.8) is 0 Å². The largest absolute Gasteiger partial charge is 0.355 e. The minimum atomic E-state index is -0.0839. The maximum absolute atomic E-state index is 12.0. The van der Waals surface area contributed by atoms with Gasteiger partial charge in [-0.05, 0) is 37.0 Å². The molecule has 2 N–H and O–H groups in total. The van der Waals surface area contributed by atoms with Gasteiger partial charge in [-0.3, -0.25) is 14.4 Å². The third-order valence-corrected chi connectivity index (χ3v) is 5.16. The van der Waals surface area contributed by atoms with E-state index in [1.807, 2.05) is 24.3 Å². The third-order valence-electron chi connectivity index (χ3n) is 5.16. The highest BCUT2D eigenvalue weighted by Crippen LogP contribution is 2.24. The predicted molar refractivity (Wildman–Crippen MR) is 99.5 cm³/mol. The highest BCUT2D eigenvalue weighted by Gasteiger charge is 2.23. The van der Waals surface area contributed by atoms with Crippen LogP contribution >= 0.6 is 0 Å². The molecule has 1 heterocycles. The monoisotopic (exact) mass is 357 g/mol. The summed E-state index contributed by atoms with van der Waals surface area (Å²) in [6.07, 6.45) is 5.96. The van der Waals surface area contributed by atoms with E-state index >= 15 is 0 Å². The van der Waals surface area contributed by atoms with Gasteiger partial charge in [-0.2, -0.15) is 0 Å². The molecule has 0 bridgehead atoms. The second-order valence-corrected chi connectivity index (χ2v) is 7.12. The van der Waals surface area contributed by atoms with Gasteiger partial charge < -0.3 is 15.5 Å². The molecule has 1 saturated carbocycles. The molecule has 0 unspecified atom stereocenters. The Kier molecular flexibility index (Phi) is 6.26. The number of carbonyl (C=O) groups is 3. The van der Waals surface area contributed by atoms with Crippen LogP contribution in [0.15, 0.2) is 24.3 Å². The Morgan fingerprint density at radius 2 is 1.92 bits per heavy atom. The summed E-state index contributed by atoms with van der Waals surface area (Å²) in [6, 6.07) is 7.72. The Bertz CT molecular complexity index is 668. The van der Waals surface area contributed by atoms with Gasteiger partial charge in [-0.15, -0.1) is 0 Å². The molecule has 1 aromatic carbocycles. The first-order valence-electron chi connectivity index (χ1n) is 9.57. The molecular weight excluding hydrogens is 330 g/mol. The zero-order valence-corrected chi connectivity index (χ0v) is 15.1. The highest BCUT2D eigenvalue weighted by atomic mass is 16.2. The molecule has 1 aromatic rings. The average Bonchev–Trinajstić information content (AvgIpc) is 3.32. The van der Waals surface area contributed by atoms with Crippen molar-refractivity contribution in [2.24, 2.45) is 5.92 Å². The van der Waals surface area contributed by atoms with E-state index in [2.05, 4.69) is 10.6 Å².